The normalized spacial score (nSPS) is 15.0. The molecule has 1 atom stereocenters. The van der Waals surface area contributed by atoms with Crippen LogP contribution in [0.2, 0.25) is 0 Å². The van der Waals surface area contributed by atoms with Crippen LogP contribution in [0.1, 0.15) is 49.6 Å². The van der Waals surface area contributed by atoms with Gasteiger partial charge in [0, 0.05) is 5.56 Å². The van der Waals surface area contributed by atoms with Crippen LogP contribution in [0.4, 0.5) is 0 Å². The highest BCUT2D eigenvalue weighted by molar-refractivity contribution is 7.13. The Hall–Kier alpha value is -2.21. The highest BCUT2D eigenvalue weighted by Gasteiger charge is 2.36. The second-order valence-electron chi connectivity index (χ2n) is 5.61. The second kappa shape index (κ2) is 6.50. The van der Waals surface area contributed by atoms with Crippen molar-refractivity contribution in [3.8, 4) is 0 Å². The fraction of sp³-hybridized carbons (Fsp3) is 0.353. The SMILES string of the molecule is COC(=O)c1sc([C@H](NC(=O)c2ccccc2)C2CC2)nc1C. The molecule has 5 nitrogen and oxygen atoms in total. The minimum atomic E-state index is -0.379. The number of ether oxygens (including phenoxy) is 1. The standard InChI is InChI=1S/C17H18N2O3S/c1-10-14(17(21)22-2)23-16(18-10)13(11-8-9-11)19-15(20)12-6-4-3-5-7-12/h3-7,11,13H,8-9H2,1-2H3,(H,19,20)/t13-/m1/s1. The number of methoxy groups -OCH3 is 1. The average molecular weight is 330 g/mol. The molecule has 0 saturated heterocycles. The van der Waals surface area contributed by atoms with Gasteiger partial charge in [0.25, 0.3) is 5.91 Å². The first kappa shape index (κ1) is 15.7. The number of nitrogens with one attached hydrogen (secondary N) is 1. The van der Waals surface area contributed by atoms with Crippen LogP contribution in [0.3, 0.4) is 0 Å². The summed E-state index contributed by atoms with van der Waals surface area (Å²) < 4.78 is 4.78. The zero-order chi connectivity index (χ0) is 16.4. The molecule has 2 aromatic rings. The lowest BCUT2D eigenvalue weighted by atomic mass is 10.1. The van der Waals surface area contributed by atoms with Crippen molar-refractivity contribution < 1.29 is 14.3 Å². The molecule has 6 heteroatoms. The third-order valence-corrected chi connectivity index (χ3v) is 5.09. The van der Waals surface area contributed by atoms with Crippen molar-refractivity contribution in [3.63, 3.8) is 0 Å². The number of thiazole rings is 1. The van der Waals surface area contributed by atoms with E-state index in [-0.39, 0.29) is 17.9 Å². The fourth-order valence-electron chi connectivity index (χ4n) is 2.46. The maximum Gasteiger partial charge on any atom is 0.349 e. The van der Waals surface area contributed by atoms with Crippen LogP contribution < -0.4 is 5.32 Å². The van der Waals surface area contributed by atoms with E-state index in [1.807, 2.05) is 18.2 Å². The van der Waals surface area contributed by atoms with Crippen LogP contribution in [0.5, 0.6) is 0 Å². The van der Waals surface area contributed by atoms with Gasteiger partial charge in [-0.15, -0.1) is 11.3 Å². The predicted octanol–water partition coefficient (Wildman–Crippen LogP) is 3.12. The van der Waals surface area contributed by atoms with Gasteiger partial charge >= 0.3 is 5.97 Å². The molecule has 1 aliphatic carbocycles. The molecule has 1 saturated carbocycles. The van der Waals surface area contributed by atoms with Crippen LogP contribution in [-0.4, -0.2) is 24.0 Å². The van der Waals surface area contributed by atoms with Crippen molar-refractivity contribution in [2.45, 2.75) is 25.8 Å². The first-order valence-electron chi connectivity index (χ1n) is 7.51. The first-order valence-corrected chi connectivity index (χ1v) is 8.33. The molecule has 0 bridgehead atoms. The minimum absolute atomic E-state index is 0.116. The van der Waals surface area contributed by atoms with Gasteiger partial charge in [-0.2, -0.15) is 0 Å². The second-order valence-corrected chi connectivity index (χ2v) is 6.64. The maximum atomic E-state index is 12.4. The lowest BCUT2D eigenvalue weighted by molar-refractivity contribution is 0.0605. The zero-order valence-corrected chi connectivity index (χ0v) is 13.9. The summed E-state index contributed by atoms with van der Waals surface area (Å²) in [7, 11) is 1.36. The van der Waals surface area contributed by atoms with Gasteiger partial charge in [0.1, 0.15) is 9.88 Å². The summed E-state index contributed by atoms with van der Waals surface area (Å²) in [4.78, 5) is 29.2. The highest BCUT2D eigenvalue weighted by Crippen LogP contribution is 2.42. The third kappa shape index (κ3) is 3.42. The van der Waals surface area contributed by atoms with Crippen molar-refractivity contribution >= 4 is 23.2 Å². The van der Waals surface area contributed by atoms with Crippen LogP contribution in [-0.2, 0) is 4.74 Å². The van der Waals surface area contributed by atoms with E-state index in [0.717, 1.165) is 17.8 Å². The molecule has 23 heavy (non-hydrogen) atoms. The summed E-state index contributed by atoms with van der Waals surface area (Å²) >= 11 is 1.31. The van der Waals surface area contributed by atoms with E-state index >= 15 is 0 Å². The molecule has 1 fully saturated rings. The van der Waals surface area contributed by atoms with E-state index in [4.69, 9.17) is 4.74 Å². The van der Waals surface area contributed by atoms with Gasteiger partial charge < -0.3 is 10.1 Å². The maximum absolute atomic E-state index is 12.4. The van der Waals surface area contributed by atoms with Gasteiger partial charge in [-0.1, -0.05) is 18.2 Å². The Morgan fingerprint density at radius 2 is 2.00 bits per heavy atom. The van der Waals surface area contributed by atoms with Crippen molar-refractivity contribution in [1.82, 2.24) is 10.3 Å². The number of carbonyl (C=O) groups excluding carboxylic acids is 2. The van der Waals surface area contributed by atoms with Crippen molar-refractivity contribution in [2.24, 2.45) is 5.92 Å². The molecular formula is C17H18N2O3S. The Labute approximate surface area is 138 Å². The lowest BCUT2D eigenvalue weighted by Crippen LogP contribution is -2.29. The topological polar surface area (TPSA) is 68.3 Å². The summed E-state index contributed by atoms with van der Waals surface area (Å²) in [5.74, 6) is -0.108. The number of amides is 1. The molecule has 0 aliphatic heterocycles. The van der Waals surface area contributed by atoms with E-state index < -0.39 is 0 Å². The van der Waals surface area contributed by atoms with E-state index in [9.17, 15) is 9.59 Å². The predicted molar refractivity (Wildman–Crippen MR) is 87.6 cm³/mol. The van der Waals surface area contributed by atoms with Gasteiger partial charge in [0.2, 0.25) is 0 Å². The molecule has 1 N–H and O–H groups in total. The quantitative estimate of drug-likeness (QED) is 0.855. The van der Waals surface area contributed by atoms with Crippen LogP contribution in [0.15, 0.2) is 30.3 Å². The number of benzene rings is 1. The molecule has 0 unspecified atom stereocenters. The number of nitrogens with zero attached hydrogens (tertiary/aromatic N) is 1. The van der Waals surface area contributed by atoms with Crippen molar-refractivity contribution in [2.75, 3.05) is 7.11 Å². The number of aromatic nitrogens is 1. The highest BCUT2D eigenvalue weighted by atomic mass is 32.1. The molecule has 1 aliphatic rings. The largest absolute Gasteiger partial charge is 0.465 e. The Kier molecular flexibility index (Phi) is 4.43. The van der Waals surface area contributed by atoms with E-state index in [1.54, 1.807) is 19.1 Å². The minimum Gasteiger partial charge on any atom is -0.465 e. The van der Waals surface area contributed by atoms with E-state index in [2.05, 4.69) is 10.3 Å². The molecule has 0 spiro atoms. The molecular weight excluding hydrogens is 312 g/mol. The molecule has 1 aromatic heterocycles. The number of carbonyl (C=O) groups is 2. The van der Waals surface area contributed by atoms with Gasteiger partial charge in [0.05, 0.1) is 18.8 Å². The van der Waals surface area contributed by atoms with Gasteiger partial charge in [-0.25, -0.2) is 9.78 Å². The summed E-state index contributed by atoms with van der Waals surface area (Å²) in [6.07, 6.45) is 2.12. The number of hydrogen-bond donors (Lipinski definition) is 1. The number of esters is 1. The lowest BCUT2D eigenvalue weighted by Gasteiger charge is -2.15. The molecule has 1 heterocycles. The first-order chi connectivity index (χ1) is 11.1. The van der Waals surface area contributed by atoms with Crippen molar-refractivity contribution in [3.05, 3.63) is 51.5 Å². The molecule has 0 radical (unpaired) electrons. The number of hydrogen-bond acceptors (Lipinski definition) is 5. The molecule has 3 rings (SSSR count). The van der Waals surface area contributed by atoms with Crippen LogP contribution in [0.25, 0.3) is 0 Å². The summed E-state index contributed by atoms with van der Waals surface area (Å²) in [6.45, 7) is 1.79. The van der Waals surface area contributed by atoms with E-state index in [0.29, 0.717) is 22.1 Å². The number of aryl methyl sites for hydroxylation is 1. The molecule has 120 valence electrons. The Morgan fingerprint density at radius 3 is 2.61 bits per heavy atom. The zero-order valence-electron chi connectivity index (χ0n) is 13.0. The van der Waals surface area contributed by atoms with Gasteiger partial charge in [-0.05, 0) is 37.8 Å². The smallest absolute Gasteiger partial charge is 0.349 e. The Morgan fingerprint density at radius 1 is 1.30 bits per heavy atom. The van der Waals surface area contributed by atoms with Crippen LogP contribution >= 0.6 is 11.3 Å². The molecule has 1 amide bonds. The Bertz CT molecular complexity index is 723. The van der Waals surface area contributed by atoms with Gasteiger partial charge in [-0.3, -0.25) is 4.79 Å². The fourth-order valence-corrected chi connectivity index (χ4v) is 3.59. The van der Waals surface area contributed by atoms with E-state index in [1.165, 1.54) is 18.4 Å². The Balaban J connectivity index is 1.83. The average Bonchev–Trinajstić information content (AvgIpc) is 3.34. The van der Waals surface area contributed by atoms with Gasteiger partial charge in [0.15, 0.2) is 0 Å². The monoisotopic (exact) mass is 330 g/mol. The summed E-state index contributed by atoms with van der Waals surface area (Å²) in [5.41, 5.74) is 1.27. The number of rotatable bonds is 5. The van der Waals surface area contributed by atoms with Crippen molar-refractivity contribution in [1.29, 1.82) is 0 Å². The summed E-state index contributed by atoms with van der Waals surface area (Å²) in [5, 5.41) is 3.84. The third-order valence-electron chi connectivity index (χ3n) is 3.87. The molecule has 1 aromatic carbocycles. The van der Waals surface area contributed by atoms with Crippen LogP contribution in [0, 0.1) is 12.8 Å². The summed E-state index contributed by atoms with van der Waals surface area (Å²) in [6, 6.07) is 8.97.